The Balaban J connectivity index is 1.52. The van der Waals surface area contributed by atoms with E-state index in [1.54, 1.807) is 18.0 Å². The highest BCUT2D eigenvalue weighted by atomic mass is 32.2. The van der Waals surface area contributed by atoms with E-state index in [4.69, 9.17) is 0 Å². The van der Waals surface area contributed by atoms with Crippen LogP contribution in [-0.2, 0) is 6.54 Å². The average molecular weight is 376 g/mol. The van der Waals surface area contributed by atoms with Gasteiger partial charge in [-0.05, 0) is 43.2 Å². The first-order chi connectivity index (χ1) is 12.2. The molecule has 0 amide bonds. The van der Waals surface area contributed by atoms with Gasteiger partial charge in [0.05, 0.1) is 9.90 Å². The summed E-state index contributed by atoms with van der Waals surface area (Å²) >= 11 is 2.88. The number of hydrogen-bond acceptors (Lipinski definition) is 5. The van der Waals surface area contributed by atoms with Crippen molar-refractivity contribution in [2.45, 2.75) is 37.8 Å². The van der Waals surface area contributed by atoms with Crippen molar-refractivity contribution in [1.82, 2.24) is 14.0 Å². The van der Waals surface area contributed by atoms with Crippen LogP contribution in [-0.4, -0.2) is 24.8 Å². The third-order valence-corrected chi connectivity index (χ3v) is 5.87. The van der Waals surface area contributed by atoms with Gasteiger partial charge in [0.2, 0.25) is 5.88 Å². The first kappa shape index (κ1) is 17.8. The lowest BCUT2D eigenvalue weighted by atomic mass is 10.3. The first-order valence-corrected chi connectivity index (χ1v) is 10.1. The van der Waals surface area contributed by atoms with E-state index >= 15 is 0 Å². The van der Waals surface area contributed by atoms with E-state index in [-0.39, 0.29) is 10.8 Å². The van der Waals surface area contributed by atoms with Gasteiger partial charge in [-0.1, -0.05) is 30.4 Å². The number of aromatic hydroxyl groups is 1. The summed E-state index contributed by atoms with van der Waals surface area (Å²) in [6.45, 7) is 2.58. The summed E-state index contributed by atoms with van der Waals surface area (Å²) in [5, 5.41) is 11.3. The van der Waals surface area contributed by atoms with E-state index < -0.39 is 0 Å². The fourth-order valence-corrected chi connectivity index (χ4v) is 4.40. The fraction of sp³-hybridized carbons (Fsp3) is 0.333. The molecular formula is C18H21N3O2S2. The zero-order valence-electron chi connectivity index (χ0n) is 14.1. The third kappa shape index (κ3) is 4.16. The van der Waals surface area contributed by atoms with Crippen LogP contribution in [0.15, 0.2) is 46.5 Å². The van der Waals surface area contributed by atoms with Crippen LogP contribution in [0.5, 0.6) is 5.88 Å². The van der Waals surface area contributed by atoms with E-state index in [9.17, 15) is 9.90 Å². The van der Waals surface area contributed by atoms with E-state index in [1.807, 2.05) is 37.4 Å². The van der Waals surface area contributed by atoms with Crippen LogP contribution in [0, 0.1) is 0 Å². The molecule has 0 unspecified atom stereocenters. The minimum absolute atomic E-state index is 0.0931. The van der Waals surface area contributed by atoms with Crippen LogP contribution in [0.4, 0.5) is 0 Å². The van der Waals surface area contributed by atoms with Crippen molar-refractivity contribution in [2.75, 3.05) is 5.75 Å². The Kier molecular flexibility index (Phi) is 5.99. The summed E-state index contributed by atoms with van der Waals surface area (Å²) in [6, 6.07) is 6.08. The van der Waals surface area contributed by atoms with Crippen LogP contribution < -0.4 is 4.87 Å². The number of thioether (sulfide) groups is 1. The van der Waals surface area contributed by atoms with Gasteiger partial charge in [0.25, 0.3) is 0 Å². The Morgan fingerprint density at radius 2 is 2.24 bits per heavy atom. The molecule has 5 nitrogen and oxygen atoms in total. The number of pyridine rings is 1. The second-order valence-electron chi connectivity index (χ2n) is 5.59. The van der Waals surface area contributed by atoms with E-state index in [0.29, 0.717) is 11.4 Å². The zero-order valence-corrected chi connectivity index (χ0v) is 15.7. The molecule has 3 aromatic rings. The second kappa shape index (κ2) is 8.40. The molecule has 0 saturated heterocycles. The van der Waals surface area contributed by atoms with Crippen molar-refractivity contribution in [2.24, 2.45) is 0 Å². The highest BCUT2D eigenvalue weighted by Gasteiger charge is 2.11. The van der Waals surface area contributed by atoms with Gasteiger partial charge >= 0.3 is 4.87 Å². The highest BCUT2D eigenvalue weighted by Crippen LogP contribution is 2.23. The van der Waals surface area contributed by atoms with Crippen LogP contribution in [0.3, 0.4) is 0 Å². The molecule has 0 aromatic carbocycles. The standard InChI is InChI=1S/C18H21N3O2S2/c1-2-3-7-14-17(22)21(18(23)25-14)11-4-5-13-24-16-9-6-8-15-19-10-12-20(15)16/h3,6-10,12,22H,2,4-5,11,13H2,1H3. The predicted octanol–water partition coefficient (Wildman–Crippen LogP) is 4.26. The Hall–Kier alpha value is -1.99. The summed E-state index contributed by atoms with van der Waals surface area (Å²) in [4.78, 5) is 16.8. The molecule has 25 heavy (non-hydrogen) atoms. The van der Waals surface area contributed by atoms with Crippen molar-refractivity contribution >= 4 is 34.8 Å². The van der Waals surface area contributed by atoms with Crippen molar-refractivity contribution in [3.63, 3.8) is 0 Å². The summed E-state index contributed by atoms with van der Waals surface area (Å²) in [5.74, 6) is 1.05. The van der Waals surface area contributed by atoms with Gasteiger partial charge in [-0.15, -0.1) is 11.8 Å². The van der Waals surface area contributed by atoms with E-state index in [0.717, 1.165) is 47.0 Å². The number of aromatic nitrogens is 3. The van der Waals surface area contributed by atoms with Gasteiger partial charge in [0.1, 0.15) is 5.65 Å². The van der Waals surface area contributed by atoms with Gasteiger partial charge in [-0.25, -0.2) is 4.98 Å². The minimum atomic E-state index is -0.0934. The Bertz CT molecular complexity index is 924. The van der Waals surface area contributed by atoms with Gasteiger partial charge in [-0.3, -0.25) is 13.8 Å². The molecule has 0 saturated carbocycles. The molecule has 0 bridgehead atoms. The topological polar surface area (TPSA) is 59.5 Å². The molecule has 0 aliphatic heterocycles. The lowest BCUT2D eigenvalue weighted by Gasteiger charge is -2.06. The molecule has 0 aliphatic rings. The average Bonchev–Trinajstić information content (AvgIpc) is 3.19. The summed E-state index contributed by atoms with van der Waals surface area (Å²) in [6.07, 6.45) is 10.2. The maximum atomic E-state index is 12.0. The monoisotopic (exact) mass is 375 g/mol. The molecule has 3 rings (SSSR count). The fourth-order valence-electron chi connectivity index (χ4n) is 2.53. The molecule has 0 spiro atoms. The number of allylic oxidation sites excluding steroid dienone is 1. The molecule has 1 N–H and O–H groups in total. The zero-order chi connectivity index (χ0) is 17.6. The number of rotatable bonds is 8. The molecule has 0 atom stereocenters. The van der Waals surface area contributed by atoms with Gasteiger partial charge in [-0.2, -0.15) is 0 Å². The molecule has 3 heterocycles. The predicted molar refractivity (Wildman–Crippen MR) is 105 cm³/mol. The number of imidazole rings is 1. The smallest absolute Gasteiger partial charge is 0.310 e. The number of hydrogen-bond donors (Lipinski definition) is 1. The quantitative estimate of drug-likeness (QED) is 0.472. The number of thiazole rings is 1. The Morgan fingerprint density at radius 1 is 1.36 bits per heavy atom. The molecule has 0 fully saturated rings. The molecule has 0 radical (unpaired) electrons. The molecule has 3 aromatic heterocycles. The lowest BCUT2D eigenvalue weighted by molar-refractivity contribution is 0.408. The van der Waals surface area contributed by atoms with Gasteiger partial charge in [0, 0.05) is 18.9 Å². The van der Waals surface area contributed by atoms with Crippen molar-refractivity contribution in [1.29, 1.82) is 0 Å². The van der Waals surface area contributed by atoms with Crippen LogP contribution in [0.2, 0.25) is 0 Å². The summed E-state index contributed by atoms with van der Waals surface area (Å²) in [5.41, 5.74) is 0.951. The molecular weight excluding hydrogens is 354 g/mol. The Labute approximate surface area is 154 Å². The number of fused-ring (bicyclic) bond motifs is 1. The number of nitrogens with zero attached hydrogens (tertiary/aromatic N) is 3. The van der Waals surface area contributed by atoms with E-state index in [1.165, 1.54) is 4.57 Å². The minimum Gasteiger partial charge on any atom is -0.493 e. The molecule has 0 aliphatic carbocycles. The highest BCUT2D eigenvalue weighted by molar-refractivity contribution is 7.99. The van der Waals surface area contributed by atoms with Crippen LogP contribution >= 0.6 is 23.1 Å². The van der Waals surface area contributed by atoms with Crippen molar-refractivity contribution in [3.8, 4) is 5.88 Å². The van der Waals surface area contributed by atoms with Crippen LogP contribution in [0.25, 0.3) is 11.7 Å². The normalized spacial score (nSPS) is 11.7. The van der Waals surface area contributed by atoms with Crippen molar-refractivity contribution < 1.29 is 5.11 Å². The summed E-state index contributed by atoms with van der Waals surface area (Å²) < 4.78 is 3.55. The second-order valence-corrected chi connectivity index (χ2v) is 7.70. The number of unbranched alkanes of at least 4 members (excludes halogenated alkanes) is 1. The van der Waals surface area contributed by atoms with Gasteiger partial charge in [0.15, 0.2) is 0 Å². The lowest BCUT2D eigenvalue weighted by Crippen LogP contribution is -2.12. The van der Waals surface area contributed by atoms with Crippen LogP contribution in [0.1, 0.15) is 31.1 Å². The van der Waals surface area contributed by atoms with E-state index in [2.05, 4.69) is 15.5 Å². The summed E-state index contributed by atoms with van der Waals surface area (Å²) in [7, 11) is 0. The maximum Gasteiger partial charge on any atom is 0.310 e. The SMILES string of the molecule is CCC=Cc1sc(=O)n(CCCCSc2cccc3nccn23)c1O. The molecule has 7 heteroatoms. The molecule has 132 valence electrons. The van der Waals surface area contributed by atoms with Crippen molar-refractivity contribution in [3.05, 3.63) is 51.2 Å². The Morgan fingerprint density at radius 3 is 3.08 bits per heavy atom. The first-order valence-electron chi connectivity index (χ1n) is 8.34. The largest absolute Gasteiger partial charge is 0.493 e. The third-order valence-electron chi connectivity index (χ3n) is 3.82. The maximum absolute atomic E-state index is 12.0. The van der Waals surface area contributed by atoms with Gasteiger partial charge < -0.3 is 5.11 Å².